The Balaban J connectivity index is 1.53. The second-order valence-corrected chi connectivity index (χ2v) is 15.9. The highest BCUT2D eigenvalue weighted by Gasteiger charge is 2.77. The average Bonchev–Trinajstić information content (AvgIpc) is 3.27. The summed E-state index contributed by atoms with van der Waals surface area (Å²) in [5.41, 5.74) is -3.01. The van der Waals surface area contributed by atoms with Gasteiger partial charge < -0.3 is 9.84 Å². The minimum absolute atomic E-state index is 0.214. The molecule has 5 aliphatic carbocycles. The number of aliphatic hydroxyl groups is 1. The van der Waals surface area contributed by atoms with Crippen LogP contribution in [0.15, 0.2) is 82.5 Å². The molecule has 0 aromatic rings. The topological polar surface area (TPSA) is 97.7 Å². The smallest absolute Gasteiger partial charge is 0.317 e. The van der Waals surface area contributed by atoms with Crippen molar-refractivity contribution in [2.24, 2.45) is 34.0 Å². The van der Waals surface area contributed by atoms with Gasteiger partial charge in [0.05, 0.1) is 5.41 Å². The number of allylic oxidation sites excluding steroid dienone is 13. The van der Waals surface area contributed by atoms with E-state index in [0.717, 1.165) is 35.1 Å². The Bertz CT molecular complexity index is 1670. The van der Waals surface area contributed by atoms with Gasteiger partial charge in [0.15, 0.2) is 22.8 Å². The number of aliphatic hydroxyl groups excluding tert-OH is 1. The molecule has 0 saturated heterocycles. The molecule has 8 atom stereocenters. The zero-order valence-corrected chi connectivity index (χ0v) is 30.5. The molecule has 0 bridgehead atoms. The fourth-order valence-electron chi connectivity index (χ4n) is 10.2. The van der Waals surface area contributed by atoms with Crippen molar-refractivity contribution >= 4 is 23.3 Å². The second-order valence-electron chi connectivity index (χ2n) is 15.9. The van der Waals surface area contributed by atoms with Crippen molar-refractivity contribution in [3.8, 4) is 0 Å². The Hall–Kier alpha value is -3.45. The molecular weight excluding hydrogens is 619 g/mol. The normalized spacial score (nSPS) is 39.6. The third kappa shape index (κ3) is 5.46. The van der Waals surface area contributed by atoms with E-state index in [4.69, 9.17) is 4.74 Å². The first-order valence-corrected chi connectivity index (χ1v) is 17.9. The molecule has 7 heteroatoms. The van der Waals surface area contributed by atoms with Gasteiger partial charge in [-0.2, -0.15) is 0 Å². The Morgan fingerprint density at radius 3 is 2.47 bits per heavy atom. The van der Waals surface area contributed by atoms with Gasteiger partial charge in [-0.1, -0.05) is 78.7 Å². The van der Waals surface area contributed by atoms with Gasteiger partial charge in [0.2, 0.25) is 5.78 Å². The number of fused-ring (bicyclic) bond motifs is 5. The number of carbonyl (C=O) groups excluding carboxylic acids is 4. The third-order valence-corrected chi connectivity index (χ3v) is 13.2. The maximum Gasteiger partial charge on any atom is 0.317 e. The van der Waals surface area contributed by atoms with Gasteiger partial charge in [-0.15, -0.1) is 0 Å². The van der Waals surface area contributed by atoms with Crippen molar-refractivity contribution in [2.75, 3.05) is 6.61 Å². The zero-order valence-electron chi connectivity index (χ0n) is 30.5. The number of ether oxygens (including phenoxy) is 1. The maximum atomic E-state index is 17.7. The highest BCUT2D eigenvalue weighted by atomic mass is 19.1. The molecule has 0 aromatic carbocycles. The predicted octanol–water partition coefficient (Wildman–Crippen LogP) is 8.19. The summed E-state index contributed by atoms with van der Waals surface area (Å²) in [6, 6.07) is 0. The van der Waals surface area contributed by atoms with Gasteiger partial charge in [-0.05, 0) is 104 Å². The van der Waals surface area contributed by atoms with Crippen LogP contribution in [0.3, 0.4) is 0 Å². The van der Waals surface area contributed by atoms with E-state index in [9.17, 15) is 24.3 Å². The molecule has 0 heterocycles. The number of ketones is 3. The largest absolute Gasteiger partial charge is 0.449 e. The summed E-state index contributed by atoms with van der Waals surface area (Å²) >= 11 is 0. The van der Waals surface area contributed by atoms with Gasteiger partial charge >= 0.3 is 5.97 Å². The molecule has 3 fully saturated rings. The first-order valence-electron chi connectivity index (χ1n) is 17.9. The van der Waals surface area contributed by atoms with Crippen LogP contribution in [0.1, 0.15) is 100 Å². The molecule has 5 rings (SSSR count). The Labute approximate surface area is 291 Å². The van der Waals surface area contributed by atoms with E-state index < -0.39 is 69.4 Å². The highest BCUT2D eigenvalue weighted by Crippen LogP contribution is 2.70. The molecule has 1 unspecified atom stereocenters. The number of esters is 1. The summed E-state index contributed by atoms with van der Waals surface area (Å²) < 4.78 is 24.3. The van der Waals surface area contributed by atoms with E-state index >= 15 is 4.39 Å². The number of hydrogen-bond donors (Lipinski definition) is 1. The molecular formula is C42H53FO6. The van der Waals surface area contributed by atoms with Gasteiger partial charge in [0, 0.05) is 29.1 Å². The van der Waals surface area contributed by atoms with Crippen molar-refractivity contribution < 1.29 is 33.4 Å². The molecule has 5 aliphatic rings. The quantitative estimate of drug-likeness (QED) is 0.206. The molecule has 3 saturated carbocycles. The lowest BCUT2D eigenvalue weighted by Crippen LogP contribution is -2.69. The van der Waals surface area contributed by atoms with Gasteiger partial charge in [-0.25, -0.2) is 4.39 Å². The molecule has 0 aliphatic heterocycles. The first-order chi connectivity index (χ1) is 23.0. The van der Waals surface area contributed by atoms with E-state index in [1.165, 1.54) is 12.2 Å². The van der Waals surface area contributed by atoms with E-state index in [-0.39, 0.29) is 12.2 Å². The van der Waals surface area contributed by atoms with Crippen LogP contribution in [-0.4, -0.2) is 46.3 Å². The fourth-order valence-corrected chi connectivity index (χ4v) is 10.2. The summed E-state index contributed by atoms with van der Waals surface area (Å²) in [6.07, 6.45) is 19.3. The Morgan fingerprint density at radius 1 is 1.08 bits per heavy atom. The van der Waals surface area contributed by atoms with Crippen LogP contribution in [0, 0.1) is 34.0 Å². The molecule has 6 nitrogen and oxygen atoms in total. The third-order valence-electron chi connectivity index (χ3n) is 13.2. The lowest BCUT2D eigenvalue weighted by molar-refractivity contribution is -0.208. The summed E-state index contributed by atoms with van der Waals surface area (Å²) in [6.45, 7) is 14.3. The maximum absolute atomic E-state index is 17.7. The molecule has 0 amide bonds. The average molecular weight is 673 g/mol. The van der Waals surface area contributed by atoms with Crippen LogP contribution < -0.4 is 0 Å². The minimum atomic E-state index is -2.28. The van der Waals surface area contributed by atoms with Crippen molar-refractivity contribution in [3.05, 3.63) is 82.5 Å². The molecule has 0 aromatic heterocycles. The summed E-state index contributed by atoms with van der Waals surface area (Å²) in [5, 5.41) is 10.4. The van der Waals surface area contributed by atoms with E-state index in [1.54, 1.807) is 19.9 Å². The lowest BCUT2D eigenvalue weighted by Gasteiger charge is -2.60. The monoisotopic (exact) mass is 672 g/mol. The number of rotatable bonds is 8. The SMILES string of the molecule is CC=C(C)C=CC=C(C)C=CC1=C(C)CCCC1(C)C(=O)O[C@@]1(C(=O)CO)[C@H](C)C[C@H]2[C@@H]3CCC4=CC(=O)C=C[C@]4(C)[C@@]3(F)C(=O)C[C@@]21C. The molecule has 1 N–H and O–H groups in total. The molecule has 264 valence electrons. The standard InChI is InChI=1S/C42H53FO6/c1-9-26(2)12-10-13-27(3)15-17-32-28(4)14-11-20-38(32,6)37(48)49-42(36(47)25-44)29(5)22-34-33-18-16-30-23-31(45)19-21-39(30,7)41(33,43)35(46)24-40(34,42)8/h9-10,12-13,15,17,19,21,23,29,33-34,44H,11,14,16,18,20,22,24-25H2,1-8H3/t29-,33+,34+,38?,39+,40+,41+,42-/m1/s1. The van der Waals surface area contributed by atoms with Crippen molar-refractivity contribution in [3.63, 3.8) is 0 Å². The summed E-state index contributed by atoms with van der Waals surface area (Å²) in [7, 11) is 0. The Kier molecular flexibility index (Phi) is 9.79. The molecule has 49 heavy (non-hydrogen) atoms. The van der Waals surface area contributed by atoms with Gasteiger partial charge in [0.1, 0.15) is 6.61 Å². The fraction of sp³-hybridized carbons (Fsp3) is 0.571. The second kappa shape index (κ2) is 13.0. The number of hydrogen-bond acceptors (Lipinski definition) is 6. The number of carbonyl (C=O) groups is 4. The van der Waals surface area contributed by atoms with E-state index in [0.29, 0.717) is 31.3 Å². The summed E-state index contributed by atoms with van der Waals surface area (Å²) in [5.74, 6) is -3.86. The van der Waals surface area contributed by atoms with Gasteiger partial charge in [0.25, 0.3) is 0 Å². The van der Waals surface area contributed by atoms with Gasteiger partial charge in [-0.3, -0.25) is 19.2 Å². The summed E-state index contributed by atoms with van der Waals surface area (Å²) in [4.78, 5) is 55.3. The van der Waals surface area contributed by atoms with Crippen molar-refractivity contribution in [1.29, 1.82) is 0 Å². The predicted molar refractivity (Wildman–Crippen MR) is 189 cm³/mol. The zero-order chi connectivity index (χ0) is 36.2. The van der Waals surface area contributed by atoms with Crippen LogP contribution in [0.2, 0.25) is 0 Å². The van der Waals surface area contributed by atoms with E-state index in [2.05, 4.69) is 0 Å². The van der Waals surface area contributed by atoms with Crippen molar-refractivity contribution in [2.45, 2.75) is 112 Å². The first kappa shape index (κ1) is 36.8. The minimum Gasteiger partial charge on any atom is -0.449 e. The van der Waals surface area contributed by atoms with Crippen LogP contribution in [0.4, 0.5) is 4.39 Å². The highest BCUT2D eigenvalue weighted by molar-refractivity contribution is 6.03. The molecule has 0 spiro atoms. The number of alkyl halides is 1. The molecule has 0 radical (unpaired) electrons. The number of halogens is 1. The van der Waals surface area contributed by atoms with Crippen LogP contribution >= 0.6 is 0 Å². The van der Waals surface area contributed by atoms with E-state index in [1.807, 2.05) is 78.0 Å². The Morgan fingerprint density at radius 2 is 1.80 bits per heavy atom. The number of Topliss-reactive ketones (excluding diaryl/α,β-unsaturated/α-hetero) is 2. The van der Waals surface area contributed by atoms with Crippen molar-refractivity contribution in [1.82, 2.24) is 0 Å². The lowest BCUT2D eigenvalue weighted by atomic mass is 9.45. The van der Waals surface area contributed by atoms with Crippen LogP contribution in [0.5, 0.6) is 0 Å². The van der Waals surface area contributed by atoms with Crippen LogP contribution in [0.25, 0.3) is 0 Å². The van der Waals surface area contributed by atoms with Crippen LogP contribution in [-0.2, 0) is 23.9 Å².